The van der Waals surface area contributed by atoms with E-state index in [0.717, 1.165) is 11.3 Å². The predicted octanol–water partition coefficient (Wildman–Crippen LogP) is 2.79. The Morgan fingerprint density at radius 2 is 1.74 bits per heavy atom. The molecular formula is C19H26N2O5S. The number of urea groups is 1. The average Bonchev–Trinajstić information content (AvgIpc) is 2.64. The fourth-order valence-electron chi connectivity index (χ4n) is 2.04. The number of esters is 1. The van der Waals surface area contributed by atoms with E-state index in [0.29, 0.717) is 18.0 Å². The van der Waals surface area contributed by atoms with Gasteiger partial charge in [0.05, 0.1) is 6.42 Å². The summed E-state index contributed by atoms with van der Waals surface area (Å²) in [6.45, 7) is 3.94. The predicted molar refractivity (Wildman–Crippen MR) is 104 cm³/mol. The third-order valence-electron chi connectivity index (χ3n) is 3.59. The minimum atomic E-state index is -0.718. The van der Waals surface area contributed by atoms with Crippen LogP contribution >= 0.6 is 11.8 Å². The van der Waals surface area contributed by atoms with Crippen molar-refractivity contribution in [2.75, 3.05) is 19.4 Å². The van der Waals surface area contributed by atoms with Gasteiger partial charge in [-0.3, -0.25) is 19.7 Å². The molecule has 0 radical (unpaired) electrons. The Morgan fingerprint density at radius 1 is 1.07 bits per heavy atom. The first-order chi connectivity index (χ1) is 12.8. The Balaban J connectivity index is 2.24. The monoisotopic (exact) mass is 394 g/mol. The van der Waals surface area contributed by atoms with Gasteiger partial charge >= 0.3 is 12.0 Å². The summed E-state index contributed by atoms with van der Waals surface area (Å²) < 4.78 is 4.78. The highest BCUT2D eigenvalue weighted by molar-refractivity contribution is 7.98. The van der Waals surface area contributed by atoms with Crippen molar-refractivity contribution in [2.24, 2.45) is 5.92 Å². The van der Waals surface area contributed by atoms with Gasteiger partial charge in [0.15, 0.2) is 12.4 Å². The van der Waals surface area contributed by atoms with Crippen molar-refractivity contribution in [3.05, 3.63) is 29.8 Å². The summed E-state index contributed by atoms with van der Waals surface area (Å²) in [5.74, 6) is -1.12. The lowest BCUT2D eigenvalue weighted by Gasteiger charge is -2.08. The van der Waals surface area contributed by atoms with E-state index < -0.39 is 24.5 Å². The van der Waals surface area contributed by atoms with Crippen LogP contribution in [0.1, 0.15) is 43.5 Å². The number of rotatable bonds is 10. The largest absolute Gasteiger partial charge is 0.456 e. The lowest BCUT2D eigenvalue weighted by molar-refractivity contribution is -0.148. The highest BCUT2D eigenvalue weighted by Gasteiger charge is 2.13. The second kappa shape index (κ2) is 12.1. The van der Waals surface area contributed by atoms with Gasteiger partial charge < -0.3 is 10.1 Å². The summed E-state index contributed by atoms with van der Waals surface area (Å²) in [5, 5.41) is 4.62. The molecule has 0 aliphatic carbocycles. The highest BCUT2D eigenvalue weighted by atomic mass is 32.2. The van der Waals surface area contributed by atoms with Crippen LogP contribution in [0, 0.1) is 5.92 Å². The number of benzene rings is 1. The molecule has 0 aliphatic heterocycles. The molecule has 0 saturated carbocycles. The maximum absolute atomic E-state index is 12.0. The maximum atomic E-state index is 12.0. The molecule has 0 unspecified atom stereocenters. The normalized spacial score (nSPS) is 10.4. The first kappa shape index (κ1) is 22.7. The van der Waals surface area contributed by atoms with Crippen LogP contribution in [-0.4, -0.2) is 43.1 Å². The van der Waals surface area contributed by atoms with Crippen molar-refractivity contribution < 1.29 is 23.9 Å². The molecule has 2 N–H and O–H groups in total. The van der Waals surface area contributed by atoms with Gasteiger partial charge in [0.25, 0.3) is 5.91 Å². The van der Waals surface area contributed by atoms with Gasteiger partial charge in [-0.25, -0.2) is 4.79 Å². The SMILES string of the molecule is CSc1ccc(C(=O)CCC(=O)OCC(=O)NC(=O)NCCC(C)C)cc1. The Kier molecular flexibility index (Phi) is 10.2. The van der Waals surface area contributed by atoms with Gasteiger partial charge in [-0.2, -0.15) is 0 Å². The summed E-state index contributed by atoms with van der Waals surface area (Å²) in [4.78, 5) is 47.8. The molecule has 0 fully saturated rings. The lowest BCUT2D eigenvalue weighted by atomic mass is 10.1. The van der Waals surface area contributed by atoms with E-state index in [-0.39, 0.29) is 18.6 Å². The number of ketones is 1. The first-order valence-electron chi connectivity index (χ1n) is 8.72. The standard InChI is InChI=1S/C19H26N2O5S/c1-13(2)10-11-20-19(25)21-17(23)12-26-18(24)9-8-16(22)14-4-6-15(27-3)7-5-14/h4-7,13H,8-12H2,1-3H3,(H2,20,21,23,25). The number of nitrogens with one attached hydrogen (secondary N) is 2. The number of hydrogen-bond donors (Lipinski definition) is 2. The number of amides is 3. The summed E-state index contributed by atoms with van der Waals surface area (Å²) in [5.41, 5.74) is 0.524. The second-order valence-corrected chi connectivity index (χ2v) is 7.18. The van der Waals surface area contributed by atoms with Gasteiger partial charge in [0, 0.05) is 23.4 Å². The number of thioether (sulfide) groups is 1. The zero-order valence-corrected chi connectivity index (χ0v) is 16.7. The lowest BCUT2D eigenvalue weighted by Crippen LogP contribution is -2.42. The van der Waals surface area contributed by atoms with Gasteiger partial charge in [-0.1, -0.05) is 26.0 Å². The Bertz CT molecular complexity index is 659. The van der Waals surface area contributed by atoms with Crippen molar-refractivity contribution >= 4 is 35.5 Å². The van der Waals surface area contributed by atoms with Crippen LogP contribution in [0.3, 0.4) is 0 Å². The molecule has 148 valence electrons. The smallest absolute Gasteiger partial charge is 0.321 e. The topological polar surface area (TPSA) is 102 Å². The van der Waals surface area contributed by atoms with Gasteiger partial charge in [-0.15, -0.1) is 11.8 Å². The fourth-order valence-corrected chi connectivity index (χ4v) is 2.44. The summed E-state index contributed by atoms with van der Waals surface area (Å²) in [6.07, 6.45) is 2.61. The van der Waals surface area contributed by atoms with Crippen LogP contribution in [-0.2, 0) is 14.3 Å². The molecule has 0 aromatic heterocycles. The molecule has 0 atom stereocenters. The Labute approximate surface area is 163 Å². The second-order valence-electron chi connectivity index (χ2n) is 6.30. The fraction of sp³-hybridized carbons (Fsp3) is 0.474. The van der Waals surface area contributed by atoms with Crippen molar-refractivity contribution in [1.82, 2.24) is 10.6 Å². The van der Waals surface area contributed by atoms with E-state index in [9.17, 15) is 19.2 Å². The van der Waals surface area contributed by atoms with E-state index >= 15 is 0 Å². The zero-order valence-electron chi connectivity index (χ0n) is 15.9. The van der Waals surface area contributed by atoms with Crippen LogP contribution < -0.4 is 10.6 Å². The van der Waals surface area contributed by atoms with Crippen molar-refractivity contribution in [2.45, 2.75) is 38.0 Å². The van der Waals surface area contributed by atoms with E-state index in [2.05, 4.69) is 10.6 Å². The minimum absolute atomic E-state index is 0.00520. The number of hydrogen-bond acceptors (Lipinski definition) is 6. The molecule has 0 aliphatic rings. The number of carbonyl (C=O) groups excluding carboxylic acids is 4. The molecule has 1 aromatic rings. The average molecular weight is 394 g/mol. The van der Waals surface area contributed by atoms with Crippen molar-refractivity contribution in [3.8, 4) is 0 Å². The maximum Gasteiger partial charge on any atom is 0.321 e. The van der Waals surface area contributed by atoms with Crippen LogP contribution in [0.15, 0.2) is 29.2 Å². The van der Waals surface area contributed by atoms with Crippen LogP contribution in [0.4, 0.5) is 4.79 Å². The molecule has 0 heterocycles. The molecule has 27 heavy (non-hydrogen) atoms. The van der Waals surface area contributed by atoms with Crippen LogP contribution in [0.2, 0.25) is 0 Å². The minimum Gasteiger partial charge on any atom is -0.456 e. The van der Waals surface area contributed by atoms with Gasteiger partial charge in [-0.05, 0) is 30.7 Å². The third-order valence-corrected chi connectivity index (χ3v) is 4.34. The van der Waals surface area contributed by atoms with Crippen LogP contribution in [0.5, 0.6) is 0 Å². The number of ether oxygens (including phenoxy) is 1. The van der Waals surface area contributed by atoms with Crippen molar-refractivity contribution in [3.63, 3.8) is 0 Å². The molecule has 7 nitrogen and oxygen atoms in total. The Hall–Kier alpha value is -2.35. The molecular weight excluding hydrogens is 368 g/mol. The summed E-state index contributed by atoms with van der Waals surface area (Å²) >= 11 is 1.57. The summed E-state index contributed by atoms with van der Waals surface area (Å²) in [7, 11) is 0. The van der Waals surface area contributed by atoms with Gasteiger partial charge in [0.2, 0.25) is 0 Å². The van der Waals surface area contributed by atoms with Gasteiger partial charge in [0.1, 0.15) is 0 Å². The molecule has 0 spiro atoms. The van der Waals surface area contributed by atoms with Crippen molar-refractivity contribution in [1.29, 1.82) is 0 Å². The molecule has 3 amide bonds. The summed E-state index contributed by atoms with van der Waals surface area (Å²) in [6, 6.07) is 6.48. The van der Waals surface area contributed by atoms with Crippen LogP contribution in [0.25, 0.3) is 0 Å². The number of imide groups is 1. The van der Waals surface area contributed by atoms with E-state index in [4.69, 9.17) is 4.74 Å². The molecule has 8 heteroatoms. The quantitative estimate of drug-likeness (QED) is 0.359. The van der Waals surface area contributed by atoms with E-state index in [1.165, 1.54) is 0 Å². The van der Waals surface area contributed by atoms with E-state index in [1.807, 2.05) is 32.2 Å². The first-order valence-corrected chi connectivity index (χ1v) is 9.94. The zero-order chi connectivity index (χ0) is 20.2. The third kappa shape index (κ3) is 9.79. The Morgan fingerprint density at radius 3 is 2.33 bits per heavy atom. The van der Waals surface area contributed by atoms with E-state index in [1.54, 1.807) is 23.9 Å². The number of Topliss-reactive ketones (excluding diaryl/α,β-unsaturated/α-hetero) is 1. The molecule has 0 saturated heterocycles. The number of carbonyl (C=O) groups is 4. The molecule has 1 rings (SSSR count). The highest BCUT2D eigenvalue weighted by Crippen LogP contribution is 2.16. The molecule has 1 aromatic carbocycles. The molecule has 0 bridgehead atoms.